The molecular weight excluding hydrogens is 394 g/mol. The van der Waals surface area contributed by atoms with E-state index in [1.807, 2.05) is 36.4 Å². The van der Waals surface area contributed by atoms with E-state index >= 15 is 0 Å². The van der Waals surface area contributed by atoms with Crippen molar-refractivity contribution in [1.29, 1.82) is 0 Å². The second-order valence-corrected chi connectivity index (χ2v) is 7.30. The third-order valence-electron chi connectivity index (χ3n) is 5.17. The molecule has 0 spiro atoms. The highest BCUT2D eigenvalue weighted by atomic mass is 16.5. The van der Waals surface area contributed by atoms with E-state index in [1.54, 1.807) is 12.1 Å². The fourth-order valence-electron chi connectivity index (χ4n) is 3.53. The van der Waals surface area contributed by atoms with Gasteiger partial charge in [0.15, 0.2) is 11.4 Å². The minimum absolute atomic E-state index is 0.115. The van der Waals surface area contributed by atoms with Gasteiger partial charge in [0.25, 0.3) is 0 Å². The van der Waals surface area contributed by atoms with Crippen LogP contribution in [0.25, 0.3) is 11.3 Å². The molecule has 1 aliphatic heterocycles. The Hall–Kier alpha value is -3.58. The third kappa shape index (κ3) is 4.95. The molecule has 3 aromatic rings. The molecule has 2 heterocycles. The van der Waals surface area contributed by atoms with Gasteiger partial charge < -0.3 is 25.6 Å². The molecule has 0 radical (unpaired) electrons. The maximum absolute atomic E-state index is 11.8. The molecule has 4 N–H and O–H groups in total. The molecule has 0 fully saturated rings. The normalized spacial score (nSPS) is 12.5. The van der Waals surface area contributed by atoms with Crippen LogP contribution < -0.4 is 20.5 Å². The maximum Gasteiger partial charge on any atom is 0.358 e. The Labute approximate surface area is 180 Å². The Morgan fingerprint density at radius 3 is 2.65 bits per heavy atom. The number of carbonyl (C=O) groups is 1. The molecule has 1 aromatic heterocycles. The summed E-state index contributed by atoms with van der Waals surface area (Å²) in [5.74, 6) is -0.214. The van der Waals surface area contributed by atoms with Crippen LogP contribution in [0, 0.1) is 0 Å². The van der Waals surface area contributed by atoms with Crippen LogP contribution in [0.3, 0.4) is 0 Å². The number of nitrogens with zero attached hydrogens (tertiary/aromatic N) is 1. The number of pyridine rings is 1. The highest BCUT2D eigenvalue weighted by molar-refractivity contribution is 5.89. The van der Waals surface area contributed by atoms with Gasteiger partial charge in [0.2, 0.25) is 0 Å². The van der Waals surface area contributed by atoms with Crippen molar-refractivity contribution in [2.24, 2.45) is 5.73 Å². The van der Waals surface area contributed by atoms with Crippen molar-refractivity contribution in [2.45, 2.75) is 19.4 Å². The zero-order valence-electron chi connectivity index (χ0n) is 17.1. The average Bonchev–Trinajstić information content (AvgIpc) is 2.82. The number of aromatic nitrogens is 1. The maximum atomic E-state index is 11.8. The first-order valence-electron chi connectivity index (χ1n) is 10.3. The number of rotatable bonds is 8. The van der Waals surface area contributed by atoms with Crippen molar-refractivity contribution in [3.63, 3.8) is 0 Å². The summed E-state index contributed by atoms with van der Waals surface area (Å²) in [6.45, 7) is 1.89. The number of hydrogen-bond donors (Lipinski definition) is 3. The van der Waals surface area contributed by atoms with Gasteiger partial charge in [-0.1, -0.05) is 24.3 Å². The standard InChI is InChI=1S/C24H25N3O4/c25-15-16-3-7-19(8-4-16)30-12-13-31-22-10-9-20(27-23(22)24(28)29)18-6-5-17-2-1-11-26-21(17)14-18/h3-10,14,26H,1-2,11-13,15,25H2,(H,28,29). The Bertz CT molecular complexity index is 1070. The molecule has 0 saturated carbocycles. The number of ether oxygens (including phenoxy) is 2. The lowest BCUT2D eigenvalue weighted by Crippen LogP contribution is -2.13. The third-order valence-corrected chi connectivity index (χ3v) is 5.17. The van der Waals surface area contributed by atoms with Crippen LogP contribution in [0.15, 0.2) is 54.6 Å². The summed E-state index contributed by atoms with van der Waals surface area (Å²) < 4.78 is 11.3. The number of nitrogens with two attached hydrogens (primary N) is 1. The number of aromatic carboxylic acids is 1. The van der Waals surface area contributed by atoms with Gasteiger partial charge in [-0.05, 0) is 54.3 Å². The minimum Gasteiger partial charge on any atom is -0.490 e. The van der Waals surface area contributed by atoms with Crippen molar-refractivity contribution in [3.05, 3.63) is 71.4 Å². The van der Waals surface area contributed by atoms with E-state index in [4.69, 9.17) is 15.2 Å². The molecule has 0 saturated heterocycles. The largest absolute Gasteiger partial charge is 0.490 e. The van der Waals surface area contributed by atoms with Gasteiger partial charge in [0.05, 0.1) is 5.69 Å². The second kappa shape index (κ2) is 9.49. The summed E-state index contributed by atoms with van der Waals surface area (Å²) in [6.07, 6.45) is 2.16. The molecule has 0 bridgehead atoms. The van der Waals surface area contributed by atoms with E-state index in [2.05, 4.69) is 16.4 Å². The molecule has 7 heteroatoms. The Balaban J connectivity index is 1.43. The number of nitrogens with one attached hydrogen (secondary N) is 1. The van der Waals surface area contributed by atoms with Crippen LogP contribution in [0.2, 0.25) is 0 Å². The Morgan fingerprint density at radius 2 is 1.87 bits per heavy atom. The zero-order chi connectivity index (χ0) is 21.6. The summed E-state index contributed by atoms with van der Waals surface area (Å²) >= 11 is 0. The van der Waals surface area contributed by atoms with Crippen molar-refractivity contribution in [2.75, 3.05) is 25.1 Å². The molecule has 4 rings (SSSR count). The quantitative estimate of drug-likeness (QED) is 0.478. The molecule has 0 atom stereocenters. The van der Waals surface area contributed by atoms with E-state index in [0.29, 0.717) is 18.0 Å². The van der Waals surface area contributed by atoms with Gasteiger partial charge in [0.1, 0.15) is 19.0 Å². The van der Waals surface area contributed by atoms with E-state index in [1.165, 1.54) is 5.56 Å². The summed E-state index contributed by atoms with van der Waals surface area (Å²) in [7, 11) is 0. The summed E-state index contributed by atoms with van der Waals surface area (Å²) in [6, 6.07) is 17.0. The molecule has 0 aliphatic carbocycles. The van der Waals surface area contributed by atoms with Crippen LogP contribution >= 0.6 is 0 Å². The topological polar surface area (TPSA) is 107 Å². The van der Waals surface area contributed by atoms with Gasteiger partial charge in [-0.25, -0.2) is 9.78 Å². The van der Waals surface area contributed by atoms with Gasteiger partial charge in [-0.3, -0.25) is 0 Å². The predicted molar refractivity (Wildman–Crippen MR) is 119 cm³/mol. The monoisotopic (exact) mass is 419 g/mol. The first-order chi connectivity index (χ1) is 15.1. The number of carboxylic acids is 1. The molecular formula is C24H25N3O4. The van der Waals surface area contributed by atoms with E-state index < -0.39 is 5.97 Å². The number of hydrogen-bond acceptors (Lipinski definition) is 6. The van der Waals surface area contributed by atoms with Crippen LogP contribution in [0.5, 0.6) is 11.5 Å². The van der Waals surface area contributed by atoms with E-state index in [0.717, 1.165) is 36.2 Å². The number of anilines is 1. The summed E-state index contributed by atoms with van der Waals surface area (Å²) in [5.41, 5.74) is 10.3. The molecule has 0 amide bonds. The zero-order valence-corrected chi connectivity index (χ0v) is 17.1. The van der Waals surface area contributed by atoms with Gasteiger partial charge in [0, 0.05) is 24.3 Å². The molecule has 2 aromatic carbocycles. The predicted octanol–water partition coefficient (Wildman–Crippen LogP) is 3.72. The van der Waals surface area contributed by atoms with E-state index in [9.17, 15) is 9.90 Å². The fraction of sp³-hybridized carbons (Fsp3) is 0.250. The SMILES string of the molecule is NCc1ccc(OCCOc2ccc(-c3ccc4c(c3)NCCC4)nc2C(=O)O)cc1. The van der Waals surface area contributed by atoms with Gasteiger partial charge in [-0.2, -0.15) is 0 Å². The lowest BCUT2D eigenvalue weighted by atomic mass is 10.00. The van der Waals surface area contributed by atoms with Gasteiger partial charge in [-0.15, -0.1) is 0 Å². The van der Waals surface area contributed by atoms with Crippen molar-refractivity contribution in [1.82, 2.24) is 4.98 Å². The molecule has 7 nitrogen and oxygen atoms in total. The second-order valence-electron chi connectivity index (χ2n) is 7.30. The lowest BCUT2D eigenvalue weighted by molar-refractivity contribution is 0.0684. The first-order valence-corrected chi connectivity index (χ1v) is 10.3. The Kier molecular flexibility index (Phi) is 6.33. The lowest BCUT2D eigenvalue weighted by Gasteiger charge is -2.18. The highest BCUT2D eigenvalue weighted by Crippen LogP contribution is 2.29. The highest BCUT2D eigenvalue weighted by Gasteiger charge is 2.17. The number of carboxylic acid groups (broad SMARTS) is 1. The van der Waals surface area contributed by atoms with Crippen LogP contribution in [0.1, 0.15) is 28.0 Å². The molecule has 31 heavy (non-hydrogen) atoms. The smallest absolute Gasteiger partial charge is 0.358 e. The van der Waals surface area contributed by atoms with Crippen molar-refractivity contribution < 1.29 is 19.4 Å². The first kappa shape index (κ1) is 20.7. The minimum atomic E-state index is -1.13. The Morgan fingerprint density at radius 1 is 1.06 bits per heavy atom. The number of benzene rings is 2. The number of aryl methyl sites for hydroxylation is 1. The fourth-order valence-corrected chi connectivity index (χ4v) is 3.53. The molecule has 1 aliphatic rings. The molecule has 0 unspecified atom stereocenters. The van der Waals surface area contributed by atoms with Crippen LogP contribution in [0.4, 0.5) is 5.69 Å². The van der Waals surface area contributed by atoms with Crippen molar-refractivity contribution >= 4 is 11.7 Å². The van der Waals surface area contributed by atoms with Crippen LogP contribution in [-0.2, 0) is 13.0 Å². The number of fused-ring (bicyclic) bond motifs is 1. The molecule has 160 valence electrons. The van der Waals surface area contributed by atoms with Crippen molar-refractivity contribution in [3.8, 4) is 22.8 Å². The van der Waals surface area contributed by atoms with Crippen LogP contribution in [-0.4, -0.2) is 35.8 Å². The van der Waals surface area contributed by atoms with Gasteiger partial charge >= 0.3 is 5.97 Å². The summed E-state index contributed by atoms with van der Waals surface area (Å²) in [4.78, 5) is 16.1. The average molecular weight is 419 g/mol. The summed E-state index contributed by atoms with van der Waals surface area (Å²) in [5, 5.41) is 13.0. The van der Waals surface area contributed by atoms with E-state index in [-0.39, 0.29) is 24.7 Å².